The van der Waals surface area contributed by atoms with Gasteiger partial charge in [-0.05, 0) is 46.7 Å². The summed E-state index contributed by atoms with van der Waals surface area (Å²) in [5.41, 5.74) is 1.60. The van der Waals surface area contributed by atoms with Gasteiger partial charge in [-0.3, -0.25) is 4.79 Å². The zero-order chi connectivity index (χ0) is 11.4. The summed E-state index contributed by atoms with van der Waals surface area (Å²) in [4.78, 5) is 11.6. The number of amides is 1. The zero-order valence-electron chi connectivity index (χ0n) is 8.44. The van der Waals surface area contributed by atoms with Crippen LogP contribution in [-0.2, 0) is 11.2 Å². The third-order valence-corrected chi connectivity index (χ3v) is 2.80. The van der Waals surface area contributed by atoms with Gasteiger partial charge in [0.1, 0.15) is 5.82 Å². The molecule has 0 bridgehead atoms. The number of carbonyl (C=O) groups excluding carboxylic acids is 1. The van der Waals surface area contributed by atoms with Gasteiger partial charge in [0.05, 0.1) is 6.42 Å². The highest BCUT2D eigenvalue weighted by atomic mass is 32.1. The van der Waals surface area contributed by atoms with E-state index in [1.54, 1.807) is 23.5 Å². The van der Waals surface area contributed by atoms with Crippen molar-refractivity contribution in [3.05, 3.63) is 52.5 Å². The highest BCUT2D eigenvalue weighted by molar-refractivity contribution is 7.08. The van der Waals surface area contributed by atoms with E-state index in [0.717, 1.165) is 5.56 Å². The predicted molar refractivity (Wildman–Crippen MR) is 63.1 cm³/mol. The van der Waals surface area contributed by atoms with Gasteiger partial charge in [-0.1, -0.05) is 0 Å². The summed E-state index contributed by atoms with van der Waals surface area (Å²) in [5.74, 6) is -0.402. The van der Waals surface area contributed by atoms with Gasteiger partial charge in [0.2, 0.25) is 5.91 Å². The molecular formula is C12H10FNOS. The molecule has 1 aromatic carbocycles. The minimum atomic E-state index is -0.309. The number of hydrogen-bond acceptors (Lipinski definition) is 2. The topological polar surface area (TPSA) is 29.1 Å². The maximum Gasteiger partial charge on any atom is 0.228 e. The third kappa shape index (κ3) is 2.90. The molecule has 1 aromatic heterocycles. The molecule has 0 fully saturated rings. The first-order valence-corrected chi connectivity index (χ1v) is 5.75. The first kappa shape index (κ1) is 10.8. The Bertz CT molecular complexity index is 464. The number of nitrogens with one attached hydrogen (secondary N) is 1. The highest BCUT2D eigenvalue weighted by Crippen LogP contribution is 2.10. The standard InChI is InChI=1S/C12H10FNOS/c13-10-1-3-11(4-2-10)14-12(15)7-9-5-6-16-8-9/h1-6,8H,7H2,(H,14,15). The second-order valence-electron chi connectivity index (χ2n) is 3.36. The largest absolute Gasteiger partial charge is 0.326 e. The summed E-state index contributed by atoms with van der Waals surface area (Å²) in [6, 6.07) is 7.64. The van der Waals surface area contributed by atoms with Crippen molar-refractivity contribution in [2.24, 2.45) is 0 Å². The fourth-order valence-electron chi connectivity index (χ4n) is 1.32. The summed E-state index contributed by atoms with van der Waals surface area (Å²) in [6.45, 7) is 0. The second-order valence-corrected chi connectivity index (χ2v) is 4.14. The van der Waals surface area contributed by atoms with E-state index in [9.17, 15) is 9.18 Å². The van der Waals surface area contributed by atoms with Crippen molar-refractivity contribution in [1.29, 1.82) is 0 Å². The van der Waals surface area contributed by atoms with E-state index < -0.39 is 0 Å². The average Bonchev–Trinajstić information content (AvgIpc) is 2.74. The predicted octanol–water partition coefficient (Wildman–Crippen LogP) is 3.07. The van der Waals surface area contributed by atoms with Crippen molar-refractivity contribution in [3.8, 4) is 0 Å². The molecule has 1 amide bonds. The molecule has 0 saturated heterocycles. The number of anilines is 1. The van der Waals surface area contributed by atoms with Crippen LogP contribution in [-0.4, -0.2) is 5.91 Å². The molecule has 0 aliphatic heterocycles. The molecule has 2 aromatic rings. The van der Waals surface area contributed by atoms with Crippen molar-refractivity contribution >= 4 is 22.9 Å². The summed E-state index contributed by atoms with van der Waals surface area (Å²) in [6.07, 6.45) is 0.348. The summed E-state index contributed by atoms with van der Waals surface area (Å²) < 4.78 is 12.6. The Kier molecular flexibility index (Phi) is 3.31. The fraction of sp³-hybridized carbons (Fsp3) is 0.0833. The third-order valence-electron chi connectivity index (χ3n) is 2.07. The Morgan fingerprint density at radius 1 is 1.25 bits per heavy atom. The van der Waals surface area contributed by atoms with E-state index in [1.165, 1.54) is 12.1 Å². The van der Waals surface area contributed by atoms with Gasteiger partial charge < -0.3 is 5.32 Å². The molecule has 16 heavy (non-hydrogen) atoms. The smallest absolute Gasteiger partial charge is 0.228 e. The van der Waals surface area contributed by atoms with Crippen LogP contribution in [0.5, 0.6) is 0 Å². The minimum Gasteiger partial charge on any atom is -0.326 e. The van der Waals surface area contributed by atoms with Crippen molar-refractivity contribution in [2.75, 3.05) is 5.32 Å². The normalized spacial score (nSPS) is 10.1. The summed E-state index contributed by atoms with van der Waals surface area (Å²) in [7, 11) is 0. The molecule has 0 aliphatic rings. The Hall–Kier alpha value is -1.68. The van der Waals surface area contributed by atoms with Crippen LogP contribution < -0.4 is 5.32 Å². The van der Waals surface area contributed by atoms with Crippen LogP contribution >= 0.6 is 11.3 Å². The molecular weight excluding hydrogens is 225 g/mol. The molecule has 0 radical (unpaired) electrons. The van der Waals surface area contributed by atoms with Crippen molar-refractivity contribution in [2.45, 2.75) is 6.42 Å². The lowest BCUT2D eigenvalue weighted by molar-refractivity contribution is -0.115. The molecule has 0 spiro atoms. The molecule has 1 N–H and O–H groups in total. The van der Waals surface area contributed by atoms with Gasteiger partial charge >= 0.3 is 0 Å². The Morgan fingerprint density at radius 2 is 2.00 bits per heavy atom. The average molecular weight is 235 g/mol. The quantitative estimate of drug-likeness (QED) is 0.870. The molecule has 1 heterocycles. The number of thiophene rings is 1. The van der Waals surface area contributed by atoms with Crippen molar-refractivity contribution < 1.29 is 9.18 Å². The van der Waals surface area contributed by atoms with E-state index in [2.05, 4.69) is 5.32 Å². The Morgan fingerprint density at radius 3 is 2.62 bits per heavy atom. The lowest BCUT2D eigenvalue weighted by atomic mass is 10.2. The molecule has 0 atom stereocenters. The first-order valence-electron chi connectivity index (χ1n) is 4.80. The van der Waals surface area contributed by atoms with Crippen molar-refractivity contribution in [3.63, 3.8) is 0 Å². The molecule has 2 rings (SSSR count). The summed E-state index contributed by atoms with van der Waals surface area (Å²) >= 11 is 1.56. The molecule has 2 nitrogen and oxygen atoms in total. The van der Waals surface area contributed by atoms with Crippen LogP contribution in [0.2, 0.25) is 0 Å². The molecule has 4 heteroatoms. The van der Waals surface area contributed by atoms with Crippen LogP contribution in [0.4, 0.5) is 10.1 Å². The van der Waals surface area contributed by atoms with Crippen LogP contribution in [0.15, 0.2) is 41.1 Å². The number of benzene rings is 1. The van der Waals surface area contributed by atoms with Crippen LogP contribution in [0.3, 0.4) is 0 Å². The lowest BCUT2D eigenvalue weighted by Gasteiger charge is -2.03. The van der Waals surface area contributed by atoms with Gasteiger partial charge in [0.25, 0.3) is 0 Å². The molecule has 82 valence electrons. The van der Waals surface area contributed by atoms with Gasteiger partial charge in [-0.2, -0.15) is 11.3 Å². The minimum absolute atomic E-state index is 0.0926. The Balaban J connectivity index is 1.95. The zero-order valence-corrected chi connectivity index (χ0v) is 9.26. The van der Waals surface area contributed by atoms with Crippen LogP contribution in [0.25, 0.3) is 0 Å². The first-order chi connectivity index (χ1) is 7.74. The second kappa shape index (κ2) is 4.90. The molecule has 0 saturated carbocycles. The van der Waals surface area contributed by atoms with Crippen LogP contribution in [0, 0.1) is 5.82 Å². The number of halogens is 1. The van der Waals surface area contributed by atoms with E-state index in [0.29, 0.717) is 12.1 Å². The van der Waals surface area contributed by atoms with Gasteiger partial charge in [-0.25, -0.2) is 4.39 Å². The Labute approximate surface area is 96.7 Å². The van der Waals surface area contributed by atoms with Crippen molar-refractivity contribution in [1.82, 2.24) is 0 Å². The van der Waals surface area contributed by atoms with E-state index in [-0.39, 0.29) is 11.7 Å². The van der Waals surface area contributed by atoms with Gasteiger partial charge in [0.15, 0.2) is 0 Å². The van der Waals surface area contributed by atoms with E-state index in [1.807, 2.05) is 16.8 Å². The highest BCUT2D eigenvalue weighted by Gasteiger charge is 2.04. The van der Waals surface area contributed by atoms with Crippen LogP contribution in [0.1, 0.15) is 5.56 Å². The molecule has 0 unspecified atom stereocenters. The summed E-state index contributed by atoms with van der Waals surface area (Å²) in [5, 5.41) is 6.57. The monoisotopic (exact) mass is 235 g/mol. The SMILES string of the molecule is O=C(Cc1ccsc1)Nc1ccc(F)cc1. The maximum absolute atomic E-state index is 12.6. The lowest BCUT2D eigenvalue weighted by Crippen LogP contribution is -2.13. The van der Waals surface area contributed by atoms with Gasteiger partial charge in [0, 0.05) is 5.69 Å². The fourth-order valence-corrected chi connectivity index (χ4v) is 1.99. The number of hydrogen-bond donors (Lipinski definition) is 1. The van der Waals surface area contributed by atoms with E-state index in [4.69, 9.17) is 0 Å². The number of rotatable bonds is 3. The molecule has 0 aliphatic carbocycles. The van der Waals surface area contributed by atoms with E-state index >= 15 is 0 Å². The van der Waals surface area contributed by atoms with Gasteiger partial charge in [-0.15, -0.1) is 0 Å². The number of carbonyl (C=O) groups is 1. The maximum atomic E-state index is 12.6.